The van der Waals surface area contributed by atoms with Gasteiger partial charge in [0.15, 0.2) is 6.29 Å². The summed E-state index contributed by atoms with van der Waals surface area (Å²) in [6, 6.07) is 6.58. The molecule has 0 bridgehead atoms. The number of methoxy groups -OCH3 is 1. The van der Waals surface area contributed by atoms with Gasteiger partial charge in [0.1, 0.15) is 5.69 Å². The number of carbonyl (C=O) groups excluding carboxylic acids is 2. The van der Waals surface area contributed by atoms with Gasteiger partial charge in [0.2, 0.25) is 0 Å². The zero-order chi connectivity index (χ0) is 15.6. The molecule has 1 heterocycles. The summed E-state index contributed by atoms with van der Waals surface area (Å²) in [5.74, 6) is -0.861. The number of nitrogens with zero attached hydrogens (tertiary/aromatic N) is 1. The number of carbonyl (C=O) groups is 2. The Hall–Kier alpha value is -2.12. The van der Waals surface area contributed by atoms with Gasteiger partial charge in [-0.3, -0.25) is 4.79 Å². The van der Waals surface area contributed by atoms with Crippen LogP contribution in [-0.2, 0) is 14.8 Å². The molecule has 0 aliphatic heterocycles. The summed E-state index contributed by atoms with van der Waals surface area (Å²) in [5.41, 5.74) is -0.206. The minimum atomic E-state index is -4.03. The predicted molar refractivity (Wildman–Crippen MR) is 75.2 cm³/mol. The van der Waals surface area contributed by atoms with Crippen molar-refractivity contribution in [3.05, 3.63) is 52.8 Å². The van der Waals surface area contributed by atoms with Crippen molar-refractivity contribution in [3.63, 3.8) is 0 Å². The van der Waals surface area contributed by atoms with E-state index in [0.717, 1.165) is 19.4 Å². The second-order valence-electron chi connectivity index (χ2n) is 4.02. The molecule has 0 N–H and O–H groups in total. The Balaban J connectivity index is 2.64. The van der Waals surface area contributed by atoms with Gasteiger partial charge in [-0.2, -0.15) is 0 Å². The number of halogens is 1. The third-order valence-corrected chi connectivity index (χ3v) is 4.65. The van der Waals surface area contributed by atoms with Gasteiger partial charge >= 0.3 is 5.97 Å². The van der Waals surface area contributed by atoms with E-state index in [1.807, 2.05) is 0 Å². The van der Waals surface area contributed by atoms with E-state index in [1.165, 1.54) is 24.3 Å². The fraction of sp³-hybridized carbons (Fsp3) is 0.0769. The van der Waals surface area contributed by atoms with Crippen LogP contribution in [0.15, 0.2) is 41.4 Å². The van der Waals surface area contributed by atoms with Crippen molar-refractivity contribution in [2.24, 2.45) is 0 Å². The molecule has 0 atom stereocenters. The topological polar surface area (TPSA) is 82.4 Å². The molecule has 1 aromatic heterocycles. The smallest absolute Gasteiger partial charge is 0.355 e. The fourth-order valence-electron chi connectivity index (χ4n) is 1.70. The maximum absolute atomic E-state index is 12.5. The van der Waals surface area contributed by atoms with E-state index >= 15 is 0 Å². The van der Waals surface area contributed by atoms with Crippen molar-refractivity contribution >= 4 is 33.9 Å². The number of ether oxygens (including phenoxy) is 1. The zero-order valence-corrected chi connectivity index (χ0v) is 12.4. The van der Waals surface area contributed by atoms with Crippen LogP contribution in [-0.4, -0.2) is 31.8 Å². The molecule has 8 heteroatoms. The van der Waals surface area contributed by atoms with Gasteiger partial charge in [0.05, 0.1) is 12.0 Å². The Kier molecular flexibility index (Phi) is 4.15. The van der Waals surface area contributed by atoms with Crippen LogP contribution in [0, 0.1) is 0 Å². The summed E-state index contributed by atoms with van der Waals surface area (Å²) in [6.07, 6.45) is 1.50. The molecule has 0 saturated carbocycles. The summed E-state index contributed by atoms with van der Waals surface area (Å²) >= 11 is 5.72. The molecule has 0 amide bonds. The van der Waals surface area contributed by atoms with Crippen molar-refractivity contribution in [3.8, 4) is 0 Å². The Labute approximate surface area is 126 Å². The molecule has 110 valence electrons. The lowest BCUT2D eigenvalue weighted by Crippen LogP contribution is -2.18. The standard InChI is InChI=1S/C13H10ClNO5S/c1-20-13(17)12-6-9(8-16)7-15(12)21(18,19)11-4-2-10(14)3-5-11/h2-8H,1H3. The first-order valence-electron chi connectivity index (χ1n) is 5.67. The zero-order valence-electron chi connectivity index (χ0n) is 10.8. The normalized spacial score (nSPS) is 11.1. The van der Waals surface area contributed by atoms with E-state index in [2.05, 4.69) is 4.74 Å². The Morgan fingerprint density at radius 2 is 1.90 bits per heavy atom. The number of hydrogen-bond donors (Lipinski definition) is 0. The summed E-state index contributed by atoms with van der Waals surface area (Å²) in [6.45, 7) is 0. The molecule has 21 heavy (non-hydrogen) atoms. The SMILES string of the molecule is COC(=O)c1cc(C=O)cn1S(=O)(=O)c1ccc(Cl)cc1. The van der Waals surface area contributed by atoms with Gasteiger partial charge in [-0.05, 0) is 30.3 Å². The predicted octanol–water partition coefficient (Wildman–Crippen LogP) is 1.98. The van der Waals surface area contributed by atoms with Crippen molar-refractivity contribution in [1.29, 1.82) is 0 Å². The summed E-state index contributed by atoms with van der Waals surface area (Å²) in [7, 11) is -2.91. The minimum Gasteiger partial charge on any atom is -0.464 e. The molecule has 2 aromatic rings. The van der Waals surface area contributed by atoms with Gasteiger partial charge in [-0.25, -0.2) is 17.2 Å². The third kappa shape index (κ3) is 2.84. The highest BCUT2D eigenvalue weighted by molar-refractivity contribution is 7.90. The lowest BCUT2D eigenvalue weighted by atomic mass is 10.3. The van der Waals surface area contributed by atoms with E-state index in [4.69, 9.17) is 11.6 Å². The van der Waals surface area contributed by atoms with Crippen LogP contribution in [0.3, 0.4) is 0 Å². The second kappa shape index (κ2) is 5.71. The van der Waals surface area contributed by atoms with Crippen molar-refractivity contribution in [2.75, 3.05) is 7.11 Å². The number of esters is 1. The van der Waals surface area contributed by atoms with Crippen LogP contribution >= 0.6 is 11.6 Å². The lowest BCUT2D eigenvalue weighted by molar-refractivity contribution is 0.0593. The monoisotopic (exact) mass is 327 g/mol. The molecule has 0 aliphatic rings. The number of aromatic nitrogens is 1. The highest BCUT2D eigenvalue weighted by atomic mass is 35.5. The van der Waals surface area contributed by atoms with E-state index in [9.17, 15) is 18.0 Å². The highest BCUT2D eigenvalue weighted by Crippen LogP contribution is 2.20. The molecular formula is C13H10ClNO5S. The Bertz CT molecular complexity index is 792. The van der Waals surface area contributed by atoms with E-state index in [0.29, 0.717) is 15.3 Å². The van der Waals surface area contributed by atoms with E-state index in [1.54, 1.807) is 0 Å². The largest absolute Gasteiger partial charge is 0.464 e. The molecule has 0 radical (unpaired) electrons. The van der Waals surface area contributed by atoms with Crippen LogP contribution in [0.5, 0.6) is 0 Å². The van der Waals surface area contributed by atoms with Crippen molar-refractivity contribution < 1.29 is 22.7 Å². The van der Waals surface area contributed by atoms with Gasteiger partial charge in [0, 0.05) is 16.8 Å². The summed E-state index contributed by atoms with van der Waals surface area (Å²) in [5, 5.41) is 0.378. The van der Waals surface area contributed by atoms with Crippen LogP contribution in [0.1, 0.15) is 20.8 Å². The van der Waals surface area contributed by atoms with E-state index < -0.39 is 16.0 Å². The van der Waals surface area contributed by atoms with Crippen molar-refractivity contribution in [2.45, 2.75) is 4.90 Å². The molecule has 0 fully saturated rings. The average molecular weight is 328 g/mol. The van der Waals surface area contributed by atoms with Gasteiger partial charge in [0.25, 0.3) is 10.0 Å². The number of aldehydes is 1. The molecule has 6 nitrogen and oxygen atoms in total. The first kappa shape index (κ1) is 15.3. The molecule has 0 unspecified atom stereocenters. The van der Waals surface area contributed by atoms with Crippen LogP contribution < -0.4 is 0 Å². The first-order valence-corrected chi connectivity index (χ1v) is 7.49. The quantitative estimate of drug-likeness (QED) is 0.633. The van der Waals surface area contributed by atoms with Crippen LogP contribution in [0.2, 0.25) is 5.02 Å². The molecule has 0 aliphatic carbocycles. The molecule has 1 aromatic carbocycles. The molecular weight excluding hydrogens is 318 g/mol. The number of rotatable bonds is 4. The summed E-state index contributed by atoms with van der Waals surface area (Å²) in [4.78, 5) is 22.4. The number of hydrogen-bond acceptors (Lipinski definition) is 5. The molecule has 0 spiro atoms. The Morgan fingerprint density at radius 1 is 1.29 bits per heavy atom. The molecule has 0 saturated heterocycles. The van der Waals surface area contributed by atoms with Crippen LogP contribution in [0.4, 0.5) is 0 Å². The van der Waals surface area contributed by atoms with Crippen molar-refractivity contribution in [1.82, 2.24) is 3.97 Å². The highest BCUT2D eigenvalue weighted by Gasteiger charge is 2.24. The van der Waals surface area contributed by atoms with Gasteiger partial charge in [-0.15, -0.1) is 0 Å². The maximum Gasteiger partial charge on any atom is 0.355 e. The first-order chi connectivity index (χ1) is 9.90. The van der Waals surface area contributed by atoms with E-state index in [-0.39, 0.29) is 16.2 Å². The lowest BCUT2D eigenvalue weighted by Gasteiger charge is -2.09. The average Bonchev–Trinajstić information content (AvgIpc) is 2.92. The maximum atomic E-state index is 12.5. The van der Waals surface area contributed by atoms with Crippen LogP contribution in [0.25, 0.3) is 0 Å². The Morgan fingerprint density at radius 3 is 2.43 bits per heavy atom. The fourth-order valence-corrected chi connectivity index (χ4v) is 3.18. The van der Waals surface area contributed by atoms with Gasteiger partial charge in [-0.1, -0.05) is 11.6 Å². The second-order valence-corrected chi connectivity index (χ2v) is 6.27. The van der Waals surface area contributed by atoms with Gasteiger partial charge < -0.3 is 4.74 Å². The number of benzene rings is 1. The molecule has 2 rings (SSSR count). The summed E-state index contributed by atoms with van der Waals surface area (Å²) < 4.78 is 30.3. The minimum absolute atomic E-state index is 0.0490. The third-order valence-electron chi connectivity index (χ3n) is 2.71.